The van der Waals surface area contributed by atoms with E-state index in [2.05, 4.69) is 12.2 Å². The molecule has 4 atom stereocenters. The molecule has 3 aliphatic rings. The van der Waals surface area contributed by atoms with Gasteiger partial charge in [0.05, 0.1) is 28.1 Å². The minimum Gasteiger partial charge on any atom is -0.421 e. The number of ether oxygens (including phenoxy) is 1. The number of fused-ring (bicyclic) bond motifs is 5. The van der Waals surface area contributed by atoms with Crippen molar-refractivity contribution in [3.05, 3.63) is 70.2 Å². The molecule has 2 amide bonds. The van der Waals surface area contributed by atoms with Crippen molar-refractivity contribution in [2.45, 2.75) is 6.42 Å². The van der Waals surface area contributed by atoms with Gasteiger partial charge in [0.1, 0.15) is 5.75 Å². The molecule has 2 aromatic carbocycles. The van der Waals surface area contributed by atoms with Gasteiger partial charge in [-0.25, -0.2) is 4.79 Å². The minimum atomic E-state index is -0.598. The van der Waals surface area contributed by atoms with E-state index in [1.54, 1.807) is 18.2 Å². The number of hydrogen-bond donors (Lipinski definition) is 0. The first-order chi connectivity index (χ1) is 13.9. The Labute approximate surface area is 176 Å². The van der Waals surface area contributed by atoms with Gasteiger partial charge in [0.25, 0.3) is 0 Å². The fourth-order valence-corrected chi connectivity index (χ4v) is 5.07. The van der Waals surface area contributed by atoms with Gasteiger partial charge < -0.3 is 4.74 Å². The summed E-state index contributed by atoms with van der Waals surface area (Å²) in [5, 5.41) is 0.665. The lowest BCUT2D eigenvalue weighted by Crippen LogP contribution is -2.32. The molecule has 2 aliphatic carbocycles. The lowest BCUT2D eigenvalue weighted by atomic mass is 9.85. The van der Waals surface area contributed by atoms with E-state index in [4.69, 9.17) is 27.9 Å². The molecule has 146 valence electrons. The summed E-state index contributed by atoms with van der Waals surface area (Å²) in [7, 11) is 0. The number of carbonyl (C=O) groups is 3. The summed E-state index contributed by atoms with van der Waals surface area (Å²) in [6.07, 6.45) is 5.00. The molecule has 7 heteroatoms. The zero-order chi connectivity index (χ0) is 20.3. The van der Waals surface area contributed by atoms with Crippen molar-refractivity contribution in [2.24, 2.45) is 23.7 Å². The van der Waals surface area contributed by atoms with E-state index in [0.717, 1.165) is 6.42 Å². The summed E-state index contributed by atoms with van der Waals surface area (Å²) >= 11 is 11.9. The number of esters is 1. The van der Waals surface area contributed by atoms with Crippen molar-refractivity contribution in [1.82, 2.24) is 0 Å². The third-order valence-electron chi connectivity index (χ3n) is 5.93. The average Bonchev–Trinajstić information content (AvgIpc) is 3.38. The Morgan fingerprint density at radius 3 is 2.14 bits per heavy atom. The van der Waals surface area contributed by atoms with Crippen molar-refractivity contribution < 1.29 is 19.1 Å². The van der Waals surface area contributed by atoms with E-state index < -0.39 is 5.97 Å². The molecule has 1 saturated heterocycles. The van der Waals surface area contributed by atoms with Crippen molar-refractivity contribution >= 4 is 46.7 Å². The van der Waals surface area contributed by atoms with Gasteiger partial charge in [-0.1, -0.05) is 35.4 Å². The molecule has 0 radical (unpaired) electrons. The first kappa shape index (κ1) is 18.4. The van der Waals surface area contributed by atoms with Crippen molar-refractivity contribution in [3.8, 4) is 5.75 Å². The number of benzene rings is 2. The number of nitrogens with zero attached hydrogens (tertiary/aromatic N) is 1. The smallest absolute Gasteiger partial charge is 0.343 e. The van der Waals surface area contributed by atoms with E-state index in [1.165, 1.54) is 29.2 Å². The molecule has 2 bridgehead atoms. The fraction of sp³-hybridized carbons (Fsp3) is 0.227. The van der Waals surface area contributed by atoms with Crippen LogP contribution in [0.25, 0.3) is 0 Å². The van der Waals surface area contributed by atoms with Crippen LogP contribution in [0, 0.1) is 23.7 Å². The minimum absolute atomic E-state index is 0.153. The second-order valence-electron chi connectivity index (χ2n) is 7.52. The third kappa shape index (κ3) is 2.88. The number of anilines is 1. The van der Waals surface area contributed by atoms with Crippen LogP contribution >= 0.6 is 23.2 Å². The number of hydrogen-bond acceptors (Lipinski definition) is 4. The second kappa shape index (κ2) is 6.71. The van der Waals surface area contributed by atoms with Crippen molar-refractivity contribution in [3.63, 3.8) is 0 Å². The number of carbonyl (C=O) groups excluding carboxylic acids is 3. The maximum atomic E-state index is 12.9. The summed E-state index contributed by atoms with van der Waals surface area (Å²) in [4.78, 5) is 39.4. The zero-order valence-corrected chi connectivity index (χ0v) is 16.6. The maximum Gasteiger partial charge on any atom is 0.343 e. The summed E-state index contributed by atoms with van der Waals surface area (Å²) in [6.45, 7) is 0. The van der Waals surface area contributed by atoms with Gasteiger partial charge in [0, 0.05) is 5.02 Å². The molecule has 5 nitrogen and oxygen atoms in total. The Morgan fingerprint density at radius 1 is 0.931 bits per heavy atom. The molecule has 29 heavy (non-hydrogen) atoms. The van der Waals surface area contributed by atoms with Gasteiger partial charge in [-0.05, 0) is 60.7 Å². The zero-order valence-electron chi connectivity index (χ0n) is 15.0. The topological polar surface area (TPSA) is 63.7 Å². The Kier molecular flexibility index (Phi) is 4.26. The summed E-state index contributed by atoms with van der Waals surface area (Å²) < 4.78 is 5.31. The Morgan fingerprint density at radius 2 is 1.55 bits per heavy atom. The van der Waals surface area contributed by atoms with Gasteiger partial charge in [0.15, 0.2) is 0 Å². The maximum absolute atomic E-state index is 12.9. The van der Waals surface area contributed by atoms with Crippen LogP contribution in [0.3, 0.4) is 0 Å². The Bertz CT molecular complexity index is 1050. The van der Waals surface area contributed by atoms with Crippen LogP contribution in [-0.2, 0) is 9.59 Å². The number of rotatable bonds is 3. The van der Waals surface area contributed by atoms with Crippen molar-refractivity contribution in [1.29, 1.82) is 0 Å². The van der Waals surface area contributed by atoms with Gasteiger partial charge in [-0.2, -0.15) is 0 Å². The number of allylic oxidation sites excluding steroid dienone is 2. The molecule has 4 unspecified atom stereocenters. The van der Waals surface area contributed by atoms with Gasteiger partial charge in [-0.15, -0.1) is 0 Å². The quantitative estimate of drug-likeness (QED) is 0.312. The molecular formula is C22H15Cl2NO4. The lowest BCUT2D eigenvalue weighted by Gasteiger charge is -2.17. The molecule has 1 heterocycles. The molecule has 2 aromatic rings. The molecule has 1 aliphatic heterocycles. The normalized spacial score (nSPS) is 26.9. The van der Waals surface area contributed by atoms with Gasteiger partial charge in [0.2, 0.25) is 11.8 Å². The van der Waals surface area contributed by atoms with Crippen LogP contribution in [0.1, 0.15) is 16.8 Å². The van der Waals surface area contributed by atoms with Crippen LogP contribution in [0.4, 0.5) is 5.69 Å². The first-order valence-corrected chi connectivity index (χ1v) is 10.0. The van der Waals surface area contributed by atoms with Crippen LogP contribution in [0.15, 0.2) is 54.6 Å². The highest BCUT2D eigenvalue weighted by molar-refractivity contribution is 6.35. The standard InChI is InChI=1S/C22H15Cl2NO4/c23-14-5-8-17(16(24)10-14)29-22(28)11-3-6-15(7-4-11)25-20(26)18-12-1-2-13(9-12)19(18)21(25)27/h1-8,10,12-13,18-19H,9H2. The van der Waals surface area contributed by atoms with Gasteiger partial charge in [-0.3, -0.25) is 14.5 Å². The fourth-order valence-electron chi connectivity index (χ4n) is 4.62. The summed E-state index contributed by atoms with van der Waals surface area (Å²) in [5.41, 5.74) is 0.746. The largest absolute Gasteiger partial charge is 0.421 e. The first-order valence-electron chi connectivity index (χ1n) is 9.27. The van der Waals surface area contributed by atoms with E-state index >= 15 is 0 Å². The van der Waals surface area contributed by atoms with Crippen molar-refractivity contribution in [2.75, 3.05) is 4.90 Å². The summed E-state index contributed by atoms with van der Waals surface area (Å²) in [6, 6.07) is 10.8. The lowest BCUT2D eigenvalue weighted by molar-refractivity contribution is -0.123. The predicted molar refractivity (Wildman–Crippen MR) is 108 cm³/mol. The van der Waals surface area contributed by atoms with Crippen LogP contribution in [-0.4, -0.2) is 17.8 Å². The van der Waals surface area contributed by atoms with Gasteiger partial charge >= 0.3 is 5.97 Å². The monoisotopic (exact) mass is 427 g/mol. The number of imide groups is 1. The van der Waals surface area contributed by atoms with E-state index in [0.29, 0.717) is 10.7 Å². The third-order valence-corrected chi connectivity index (χ3v) is 6.46. The van der Waals surface area contributed by atoms with Crippen LogP contribution in [0.2, 0.25) is 10.0 Å². The SMILES string of the molecule is O=C(Oc1ccc(Cl)cc1Cl)c1ccc(N2C(=O)C3C4C=CC(C4)C3C2=O)cc1. The average molecular weight is 428 g/mol. The molecule has 2 fully saturated rings. The summed E-state index contributed by atoms with van der Waals surface area (Å²) in [5.74, 6) is -0.900. The number of amides is 2. The molecule has 0 spiro atoms. The Hall–Kier alpha value is -2.63. The van der Waals surface area contributed by atoms with E-state index in [9.17, 15) is 14.4 Å². The molecule has 0 aromatic heterocycles. The molecular weight excluding hydrogens is 413 g/mol. The predicted octanol–water partition coefficient (Wildman–Crippen LogP) is 4.52. The highest BCUT2D eigenvalue weighted by atomic mass is 35.5. The van der Waals surface area contributed by atoms with E-state index in [-0.39, 0.29) is 51.8 Å². The molecule has 1 saturated carbocycles. The Balaban J connectivity index is 1.35. The highest BCUT2D eigenvalue weighted by Gasteiger charge is 2.59. The molecule has 5 rings (SSSR count). The highest BCUT2D eigenvalue weighted by Crippen LogP contribution is 2.53. The molecule has 0 N–H and O–H groups in total. The van der Waals surface area contributed by atoms with Crippen LogP contribution < -0.4 is 9.64 Å². The van der Waals surface area contributed by atoms with E-state index in [1.807, 2.05) is 0 Å². The second-order valence-corrected chi connectivity index (χ2v) is 8.37. The van der Waals surface area contributed by atoms with Crippen LogP contribution in [0.5, 0.6) is 5.75 Å². The number of halogens is 2.